The van der Waals surface area contributed by atoms with Crippen molar-refractivity contribution in [3.05, 3.63) is 82.7 Å². The Labute approximate surface area is 141 Å². The summed E-state index contributed by atoms with van der Waals surface area (Å²) in [5, 5.41) is 0. The predicted molar refractivity (Wildman–Crippen MR) is 100 cm³/mol. The molecule has 0 bridgehead atoms. The zero-order valence-corrected chi connectivity index (χ0v) is 15.1. The summed E-state index contributed by atoms with van der Waals surface area (Å²) in [6.45, 7) is 14.1. The Bertz CT molecular complexity index is 608. The van der Waals surface area contributed by atoms with Gasteiger partial charge in [-0.3, -0.25) is 0 Å². The summed E-state index contributed by atoms with van der Waals surface area (Å²) in [6.07, 6.45) is 7.48. The van der Waals surface area contributed by atoms with Crippen molar-refractivity contribution in [2.75, 3.05) is 0 Å². The first-order chi connectivity index (χ1) is 10.9. The second-order valence-electron chi connectivity index (χ2n) is 6.20. The zero-order valence-electron chi connectivity index (χ0n) is 15.1. The number of allylic oxidation sites excluding steroid dienone is 7. The summed E-state index contributed by atoms with van der Waals surface area (Å²) in [4.78, 5) is 0. The topological polar surface area (TPSA) is 0 Å². The Morgan fingerprint density at radius 1 is 1.09 bits per heavy atom. The molecule has 124 valence electrons. The minimum absolute atomic E-state index is 0.0777. The van der Waals surface area contributed by atoms with Crippen LogP contribution in [-0.2, 0) is 6.42 Å². The van der Waals surface area contributed by atoms with Crippen LogP contribution in [0.4, 0.5) is 4.39 Å². The van der Waals surface area contributed by atoms with Crippen molar-refractivity contribution >= 4 is 0 Å². The molecule has 1 atom stereocenters. The summed E-state index contributed by atoms with van der Waals surface area (Å²) in [7, 11) is 0. The van der Waals surface area contributed by atoms with Crippen molar-refractivity contribution in [2.45, 2.75) is 53.4 Å². The minimum Gasteiger partial charge on any atom is -0.207 e. The van der Waals surface area contributed by atoms with Gasteiger partial charge in [-0.15, -0.1) is 0 Å². The van der Waals surface area contributed by atoms with E-state index in [9.17, 15) is 4.39 Å². The van der Waals surface area contributed by atoms with E-state index in [0.717, 1.165) is 24.0 Å². The van der Waals surface area contributed by atoms with Crippen molar-refractivity contribution in [3.8, 4) is 0 Å². The Kier molecular flexibility index (Phi) is 7.74. The van der Waals surface area contributed by atoms with E-state index in [1.54, 1.807) is 6.08 Å². The molecule has 0 fully saturated rings. The van der Waals surface area contributed by atoms with Gasteiger partial charge in [-0.2, -0.15) is 0 Å². The fourth-order valence-corrected chi connectivity index (χ4v) is 2.31. The number of hydrogen-bond acceptors (Lipinski definition) is 0. The molecular formula is C22H29F. The zero-order chi connectivity index (χ0) is 17.4. The molecule has 0 aromatic heterocycles. The molecule has 0 N–H and O–H groups in total. The maximum absolute atomic E-state index is 14.5. The second-order valence-corrected chi connectivity index (χ2v) is 6.20. The van der Waals surface area contributed by atoms with Gasteiger partial charge in [0.1, 0.15) is 5.83 Å². The molecule has 0 aliphatic carbocycles. The average molecular weight is 312 g/mol. The van der Waals surface area contributed by atoms with Crippen molar-refractivity contribution in [3.63, 3.8) is 0 Å². The highest BCUT2D eigenvalue weighted by atomic mass is 19.1. The third-order valence-corrected chi connectivity index (χ3v) is 4.03. The smallest absolute Gasteiger partial charge is 0.126 e. The van der Waals surface area contributed by atoms with Crippen LogP contribution >= 0.6 is 0 Å². The van der Waals surface area contributed by atoms with Gasteiger partial charge < -0.3 is 0 Å². The molecule has 0 nitrogen and oxygen atoms in total. The molecule has 0 radical (unpaired) electrons. The quantitative estimate of drug-likeness (QED) is 0.472. The molecule has 1 aromatic rings. The van der Waals surface area contributed by atoms with E-state index < -0.39 is 0 Å². The molecule has 0 saturated carbocycles. The van der Waals surface area contributed by atoms with Crippen LogP contribution in [0.15, 0.2) is 71.6 Å². The normalized spacial score (nSPS) is 13.7. The minimum atomic E-state index is -0.229. The van der Waals surface area contributed by atoms with Gasteiger partial charge in [0, 0.05) is 11.5 Å². The molecule has 0 saturated heterocycles. The Balaban J connectivity index is 2.97. The van der Waals surface area contributed by atoms with Gasteiger partial charge in [0.15, 0.2) is 0 Å². The molecule has 0 spiro atoms. The predicted octanol–water partition coefficient (Wildman–Crippen LogP) is 7.06. The van der Waals surface area contributed by atoms with E-state index in [0.29, 0.717) is 5.57 Å². The molecule has 1 aromatic carbocycles. The number of halogens is 1. The number of rotatable bonds is 7. The van der Waals surface area contributed by atoms with Crippen molar-refractivity contribution in [1.29, 1.82) is 0 Å². The van der Waals surface area contributed by atoms with Crippen LogP contribution < -0.4 is 0 Å². The van der Waals surface area contributed by atoms with E-state index in [1.807, 2.05) is 32.9 Å². The molecular weight excluding hydrogens is 283 g/mol. The van der Waals surface area contributed by atoms with Crippen molar-refractivity contribution in [1.82, 2.24) is 0 Å². The maximum Gasteiger partial charge on any atom is 0.126 e. The molecule has 0 aliphatic rings. The molecule has 1 unspecified atom stereocenters. The maximum atomic E-state index is 14.5. The first-order valence-corrected chi connectivity index (χ1v) is 8.36. The summed E-state index contributed by atoms with van der Waals surface area (Å²) < 4.78 is 14.5. The summed E-state index contributed by atoms with van der Waals surface area (Å²) in [5.74, 6) is -0.152. The largest absolute Gasteiger partial charge is 0.207 e. The monoisotopic (exact) mass is 312 g/mol. The van der Waals surface area contributed by atoms with E-state index in [4.69, 9.17) is 0 Å². The average Bonchev–Trinajstić information content (AvgIpc) is 2.56. The van der Waals surface area contributed by atoms with Crippen LogP contribution in [0.1, 0.15) is 58.1 Å². The molecule has 0 aliphatic heterocycles. The summed E-state index contributed by atoms with van der Waals surface area (Å²) in [5.41, 5.74) is 4.96. The Morgan fingerprint density at radius 3 is 2.17 bits per heavy atom. The van der Waals surface area contributed by atoms with E-state index >= 15 is 0 Å². The lowest BCUT2D eigenvalue weighted by Crippen LogP contribution is -1.96. The van der Waals surface area contributed by atoms with Gasteiger partial charge in [-0.05, 0) is 56.4 Å². The van der Waals surface area contributed by atoms with E-state index in [2.05, 4.69) is 44.7 Å². The van der Waals surface area contributed by atoms with Crippen LogP contribution in [0.25, 0.3) is 0 Å². The molecule has 1 rings (SSSR count). The van der Waals surface area contributed by atoms with E-state index in [-0.39, 0.29) is 11.7 Å². The highest BCUT2D eigenvalue weighted by molar-refractivity contribution is 5.43. The fourth-order valence-electron chi connectivity index (χ4n) is 2.31. The second kappa shape index (κ2) is 9.29. The first kappa shape index (κ1) is 19.2. The first-order valence-electron chi connectivity index (χ1n) is 8.36. The van der Waals surface area contributed by atoms with Crippen LogP contribution in [-0.4, -0.2) is 0 Å². The number of benzene rings is 1. The van der Waals surface area contributed by atoms with Gasteiger partial charge in [-0.25, -0.2) is 4.39 Å². The summed E-state index contributed by atoms with van der Waals surface area (Å²) >= 11 is 0. The van der Waals surface area contributed by atoms with Crippen molar-refractivity contribution < 1.29 is 4.39 Å². The molecule has 23 heavy (non-hydrogen) atoms. The highest BCUT2D eigenvalue weighted by Crippen LogP contribution is 2.27. The van der Waals surface area contributed by atoms with Crippen molar-refractivity contribution in [2.24, 2.45) is 0 Å². The summed E-state index contributed by atoms with van der Waals surface area (Å²) in [6, 6.07) is 8.45. The highest BCUT2D eigenvalue weighted by Gasteiger charge is 2.11. The van der Waals surface area contributed by atoms with Crippen LogP contribution in [0.3, 0.4) is 0 Å². The van der Waals surface area contributed by atoms with Gasteiger partial charge in [0.05, 0.1) is 0 Å². The lowest BCUT2D eigenvalue weighted by atomic mass is 9.93. The standard InChI is InChI=1S/C22H29F/c1-7-19-11-13-21(14-12-19)20(8-2)15-22(23)18(6)17(5)10-9-16(3)4/h9-15,20H,6-8H2,1-5H3/b17-10+,22-15+. The van der Waals surface area contributed by atoms with Gasteiger partial charge in [0.25, 0.3) is 0 Å². The van der Waals surface area contributed by atoms with Crippen LogP contribution in [0.2, 0.25) is 0 Å². The Morgan fingerprint density at radius 2 is 1.70 bits per heavy atom. The fraction of sp³-hybridized carbons (Fsp3) is 0.364. The van der Waals surface area contributed by atoms with Gasteiger partial charge in [0.2, 0.25) is 0 Å². The lowest BCUT2D eigenvalue weighted by molar-refractivity contribution is 0.635. The van der Waals surface area contributed by atoms with E-state index in [1.165, 1.54) is 11.1 Å². The molecule has 1 heteroatoms. The lowest BCUT2D eigenvalue weighted by Gasteiger charge is -2.13. The third kappa shape index (κ3) is 6.02. The Hall–Kier alpha value is -1.89. The number of aryl methyl sites for hydroxylation is 1. The SMILES string of the molecule is C=C(/C(C)=C/C=C(C)C)/C(F)=C\C(CC)c1ccc(CC)cc1. The molecule has 0 heterocycles. The van der Waals surface area contributed by atoms with Crippen LogP contribution in [0, 0.1) is 0 Å². The van der Waals surface area contributed by atoms with Gasteiger partial charge >= 0.3 is 0 Å². The third-order valence-electron chi connectivity index (χ3n) is 4.03. The van der Waals surface area contributed by atoms with Gasteiger partial charge in [-0.1, -0.05) is 62.4 Å². The van der Waals surface area contributed by atoms with Crippen LogP contribution in [0.5, 0.6) is 0 Å². The molecule has 0 amide bonds. The number of hydrogen-bond donors (Lipinski definition) is 0.